The number of amides is 1. The van der Waals surface area contributed by atoms with E-state index in [1.165, 1.54) is 11.3 Å². The van der Waals surface area contributed by atoms with Crippen molar-refractivity contribution in [2.45, 2.75) is 12.3 Å². The number of hydrogen-bond donors (Lipinski definition) is 1. The molecule has 25 heavy (non-hydrogen) atoms. The lowest BCUT2D eigenvalue weighted by atomic mass is 9.86. The smallest absolute Gasteiger partial charge is 0.279 e. The quantitative estimate of drug-likeness (QED) is 0.777. The Morgan fingerprint density at radius 2 is 2.12 bits per heavy atom. The molecule has 2 aromatic heterocycles. The molecule has 0 radical (unpaired) electrons. The van der Waals surface area contributed by atoms with E-state index >= 15 is 0 Å². The highest BCUT2D eigenvalue weighted by Crippen LogP contribution is 2.40. The Morgan fingerprint density at radius 3 is 2.88 bits per heavy atom. The lowest BCUT2D eigenvalue weighted by molar-refractivity contribution is -0.116. The minimum atomic E-state index is -0.453. The van der Waals surface area contributed by atoms with E-state index in [2.05, 4.69) is 10.3 Å². The van der Waals surface area contributed by atoms with Crippen molar-refractivity contribution in [1.29, 1.82) is 0 Å². The first kappa shape index (κ1) is 15.6. The van der Waals surface area contributed by atoms with Crippen molar-refractivity contribution in [1.82, 2.24) is 9.38 Å². The molecule has 0 unspecified atom stereocenters. The van der Waals surface area contributed by atoms with Crippen LogP contribution in [0.1, 0.15) is 23.5 Å². The van der Waals surface area contributed by atoms with Crippen LogP contribution in [0.2, 0.25) is 0 Å². The number of anilines is 1. The van der Waals surface area contributed by atoms with Gasteiger partial charge in [-0.15, -0.1) is 11.3 Å². The Morgan fingerprint density at radius 1 is 1.28 bits per heavy atom. The minimum absolute atomic E-state index is 0.143. The SMILES string of the molecule is COc1ccc(OC)c([C@H]2CC(=O)Nc3c2c(=O)nc2sccn32)c1. The van der Waals surface area contributed by atoms with Gasteiger partial charge in [0.25, 0.3) is 5.56 Å². The van der Waals surface area contributed by atoms with Gasteiger partial charge >= 0.3 is 0 Å². The number of methoxy groups -OCH3 is 2. The number of ether oxygens (including phenoxy) is 2. The molecule has 0 bridgehead atoms. The highest BCUT2D eigenvalue weighted by atomic mass is 32.1. The molecule has 1 aromatic carbocycles. The van der Waals surface area contributed by atoms with E-state index in [0.29, 0.717) is 27.8 Å². The van der Waals surface area contributed by atoms with E-state index in [-0.39, 0.29) is 17.9 Å². The van der Waals surface area contributed by atoms with Crippen LogP contribution in [0.3, 0.4) is 0 Å². The monoisotopic (exact) mass is 357 g/mol. The summed E-state index contributed by atoms with van der Waals surface area (Å²) in [5.74, 6) is 1.09. The number of aromatic nitrogens is 2. The molecule has 3 heterocycles. The highest BCUT2D eigenvalue weighted by molar-refractivity contribution is 7.15. The van der Waals surface area contributed by atoms with Gasteiger partial charge in [0.05, 0.1) is 19.8 Å². The van der Waals surface area contributed by atoms with Gasteiger partial charge in [-0.3, -0.25) is 14.0 Å². The molecule has 0 fully saturated rings. The summed E-state index contributed by atoms with van der Waals surface area (Å²) in [4.78, 5) is 29.7. The normalized spacial score (nSPS) is 16.4. The summed E-state index contributed by atoms with van der Waals surface area (Å²) < 4.78 is 12.5. The van der Waals surface area contributed by atoms with Gasteiger partial charge in [-0.1, -0.05) is 0 Å². The Kier molecular flexibility index (Phi) is 3.69. The van der Waals surface area contributed by atoms with E-state index in [1.807, 2.05) is 5.38 Å². The zero-order valence-corrected chi connectivity index (χ0v) is 14.4. The fraction of sp³-hybridized carbons (Fsp3) is 0.235. The van der Waals surface area contributed by atoms with Crippen molar-refractivity contribution in [2.75, 3.05) is 19.5 Å². The zero-order chi connectivity index (χ0) is 17.6. The fourth-order valence-electron chi connectivity index (χ4n) is 3.19. The molecule has 0 saturated heterocycles. The third-order valence-electron chi connectivity index (χ3n) is 4.32. The van der Waals surface area contributed by atoms with Gasteiger partial charge in [0.1, 0.15) is 17.3 Å². The molecule has 0 saturated carbocycles. The van der Waals surface area contributed by atoms with Crippen LogP contribution < -0.4 is 20.3 Å². The number of carbonyl (C=O) groups excluding carboxylic acids is 1. The van der Waals surface area contributed by atoms with Gasteiger partial charge in [-0.05, 0) is 18.2 Å². The third kappa shape index (κ3) is 2.45. The van der Waals surface area contributed by atoms with Crippen molar-refractivity contribution >= 4 is 28.0 Å². The number of thiazole rings is 1. The van der Waals surface area contributed by atoms with Gasteiger partial charge < -0.3 is 14.8 Å². The summed E-state index contributed by atoms with van der Waals surface area (Å²) in [7, 11) is 3.13. The van der Waals surface area contributed by atoms with Gasteiger partial charge in [-0.2, -0.15) is 4.98 Å². The number of hydrogen-bond acceptors (Lipinski definition) is 6. The van der Waals surface area contributed by atoms with Crippen LogP contribution in [0.15, 0.2) is 34.6 Å². The molecule has 1 aliphatic rings. The third-order valence-corrected chi connectivity index (χ3v) is 5.08. The fourth-order valence-corrected chi connectivity index (χ4v) is 3.90. The van der Waals surface area contributed by atoms with Crippen LogP contribution in [0.25, 0.3) is 4.96 Å². The molecule has 0 aliphatic carbocycles. The first-order valence-electron chi connectivity index (χ1n) is 7.64. The summed E-state index contributed by atoms with van der Waals surface area (Å²) in [6, 6.07) is 5.35. The molecule has 1 atom stereocenters. The molecule has 1 N–H and O–H groups in total. The van der Waals surface area contributed by atoms with E-state index in [0.717, 1.165) is 5.56 Å². The maximum atomic E-state index is 12.7. The van der Waals surface area contributed by atoms with Crippen LogP contribution in [0, 0.1) is 0 Å². The number of benzene rings is 1. The van der Waals surface area contributed by atoms with Crippen molar-refractivity contribution in [3.8, 4) is 11.5 Å². The van der Waals surface area contributed by atoms with Crippen molar-refractivity contribution in [2.24, 2.45) is 0 Å². The lowest BCUT2D eigenvalue weighted by Gasteiger charge is -2.26. The molecule has 7 nitrogen and oxygen atoms in total. The van der Waals surface area contributed by atoms with Gasteiger partial charge in [0.2, 0.25) is 5.91 Å². The number of fused-ring (bicyclic) bond motifs is 3. The first-order valence-corrected chi connectivity index (χ1v) is 8.52. The van der Waals surface area contributed by atoms with Crippen LogP contribution in [0.4, 0.5) is 5.82 Å². The predicted molar refractivity (Wildman–Crippen MR) is 94.0 cm³/mol. The molecular weight excluding hydrogens is 342 g/mol. The van der Waals surface area contributed by atoms with Crippen LogP contribution in [-0.2, 0) is 4.79 Å². The Labute approximate surface area is 146 Å². The topological polar surface area (TPSA) is 81.9 Å². The number of rotatable bonds is 3. The molecule has 1 amide bonds. The Balaban J connectivity index is 2.00. The molecule has 3 aromatic rings. The van der Waals surface area contributed by atoms with Crippen LogP contribution in [0.5, 0.6) is 11.5 Å². The van der Waals surface area contributed by atoms with E-state index in [4.69, 9.17) is 9.47 Å². The predicted octanol–water partition coefficient (Wildman–Crippen LogP) is 2.25. The Hall–Kier alpha value is -2.87. The second-order valence-corrected chi connectivity index (χ2v) is 6.52. The van der Waals surface area contributed by atoms with Gasteiger partial charge in [0.15, 0.2) is 4.96 Å². The largest absolute Gasteiger partial charge is 0.497 e. The van der Waals surface area contributed by atoms with E-state index < -0.39 is 5.92 Å². The zero-order valence-electron chi connectivity index (χ0n) is 13.6. The molecule has 8 heteroatoms. The van der Waals surface area contributed by atoms with Crippen molar-refractivity contribution < 1.29 is 14.3 Å². The Bertz CT molecular complexity index is 1040. The molecule has 1 aliphatic heterocycles. The first-order chi connectivity index (χ1) is 12.1. The number of nitrogens with zero attached hydrogens (tertiary/aromatic N) is 2. The summed E-state index contributed by atoms with van der Waals surface area (Å²) in [6.07, 6.45) is 1.93. The van der Waals surface area contributed by atoms with Crippen LogP contribution in [-0.4, -0.2) is 29.5 Å². The summed E-state index contributed by atoms with van der Waals surface area (Å²) in [5, 5.41) is 4.64. The molecule has 128 valence electrons. The summed E-state index contributed by atoms with van der Waals surface area (Å²) >= 11 is 1.34. The minimum Gasteiger partial charge on any atom is -0.497 e. The van der Waals surface area contributed by atoms with E-state index in [9.17, 15) is 9.59 Å². The van der Waals surface area contributed by atoms with Gasteiger partial charge in [0, 0.05) is 29.5 Å². The number of carbonyl (C=O) groups is 1. The van der Waals surface area contributed by atoms with Crippen molar-refractivity contribution in [3.05, 3.63) is 51.3 Å². The van der Waals surface area contributed by atoms with Crippen molar-refractivity contribution in [3.63, 3.8) is 0 Å². The molecule has 4 rings (SSSR count). The molecule has 0 spiro atoms. The van der Waals surface area contributed by atoms with Crippen LogP contribution >= 0.6 is 11.3 Å². The average Bonchev–Trinajstić information content (AvgIpc) is 3.09. The second kappa shape index (κ2) is 5.89. The lowest BCUT2D eigenvalue weighted by Crippen LogP contribution is -2.32. The highest BCUT2D eigenvalue weighted by Gasteiger charge is 2.33. The summed E-state index contributed by atoms with van der Waals surface area (Å²) in [5.41, 5.74) is 0.849. The second-order valence-electron chi connectivity index (χ2n) is 5.65. The maximum Gasteiger partial charge on any atom is 0.279 e. The standard InChI is InChI=1S/C17H15N3O4S/c1-23-9-3-4-12(24-2)10(7-9)11-8-13(21)18-15-14(11)16(22)19-17-20(15)5-6-25-17/h3-7,11H,8H2,1-2H3,(H,18,21)/t11-/m1/s1. The average molecular weight is 357 g/mol. The summed E-state index contributed by atoms with van der Waals surface area (Å²) in [6.45, 7) is 0. The van der Waals surface area contributed by atoms with E-state index in [1.54, 1.807) is 43.0 Å². The van der Waals surface area contributed by atoms with Gasteiger partial charge in [-0.25, -0.2) is 0 Å². The maximum absolute atomic E-state index is 12.7. The number of nitrogens with one attached hydrogen (secondary N) is 1. The molecular formula is C17H15N3O4S.